The minimum atomic E-state index is 0.218. The van der Waals surface area contributed by atoms with Gasteiger partial charge in [-0.1, -0.05) is 13.8 Å². The Morgan fingerprint density at radius 1 is 1.39 bits per heavy atom. The van der Waals surface area contributed by atoms with Gasteiger partial charge >= 0.3 is 0 Å². The van der Waals surface area contributed by atoms with Crippen molar-refractivity contribution in [3.8, 4) is 0 Å². The van der Waals surface area contributed by atoms with Crippen LogP contribution in [0.2, 0.25) is 0 Å². The Labute approximate surface area is 115 Å². The maximum absolute atomic E-state index is 8.90. The zero-order chi connectivity index (χ0) is 13.8. The van der Waals surface area contributed by atoms with E-state index in [0.717, 1.165) is 24.4 Å². The van der Waals surface area contributed by atoms with Crippen molar-refractivity contribution in [1.29, 1.82) is 0 Å². The van der Waals surface area contributed by atoms with E-state index in [-0.39, 0.29) is 12.0 Å². The predicted molar refractivity (Wildman–Crippen MR) is 78.1 cm³/mol. The lowest BCUT2D eigenvalue weighted by atomic mass is 9.87. The molecule has 1 atom stereocenters. The van der Waals surface area contributed by atoms with E-state index in [0.29, 0.717) is 6.04 Å². The molecule has 0 aliphatic carbocycles. The highest BCUT2D eigenvalue weighted by atomic mass is 32.1. The first-order valence-corrected chi connectivity index (χ1v) is 7.45. The van der Waals surface area contributed by atoms with Gasteiger partial charge in [-0.3, -0.25) is 0 Å². The molecule has 0 saturated carbocycles. The van der Waals surface area contributed by atoms with Crippen LogP contribution < -0.4 is 5.32 Å². The van der Waals surface area contributed by atoms with E-state index >= 15 is 0 Å². The lowest BCUT2D eigenvalue weighted by molar-refractivity contribution is 0.232. The Hall–Kier alpha value is -0.450. The minimum Gasteiger partial charge on any atom is -0.396 e. The molecule has 1 heterocycles. The molecular formula is C14H26N2OS. The summed E-state index contributed by atoms with van der Waals surface area (Å²) in [6.45, 7) is 12.1. The second-order valence-corrected chi connectivity index (χ2v) is 7.18. The summed E-state index contributed by atoms with van der Waals surface area (Å²) in [6, 6.07) is 0.295. The van der Waals surface area contributed by atoms with E-state index in [2.05, 4.69) is 44.9 Å². The summed E-state index contributed by atoms with van der Waals surface area (Å²) in [5, 5.41) is 13.6. The van der Waals surface area contributed by atoms with Crippen molar-refractivity contribution >= 4 is 11.3 Å². The van der Waals surface area contributed by atoms with Crippen LogP contribution in [0, 0.1) is 19.3 Å². The van der Waals surface area contributed by atoms with E-state index in [1.54, 1.807) is 11.3 Å². The van der Waals surface area contributed by atoms with Gasteiger partial charge in [-0.15, -0.1) is 11.3 Å². The average Bonchev–Trinajstić information content (AvgIpc) is 2.63. The highest BCUT2D eigenvalue weighted by Crippen LogP contribution is 2.25. The van der Waals surface area contributed by atoms with Gasteiger partial charge in [0, 0.05) is 24.1 Å². The molecule has 1 unspecified atom stereocenters. The topological polar surface area (TPSA) is 45.2 Å². The second-order valence-electron chi connectivity index (χ2n) is 5.77. The molecular weight excluding hydrogens is 244 g/mol. The van der Waals surface area contributed by atoms with E-state index in [4.69, 9.17) is 5.11 Å². The van der Waals surface area contributed by atoms with Gasteiger partial charge in [0.2, 0.25) is 0 Å². The van der Waals surface area contributed by atoms with Crippen molar-refractivity contribution in [2.75, 3.05) is 13.2 Å². The summed E-state index contributed by atoms with van der Waals surface area (Å²) in [6.07, 6.45) is 1.91. The van der Waals surface area contributed by atoms with Gasteiger partial charge in [0.15, 0.2) is 0 Å². The third-order valence-corrected chi connectivity index (χ3v) is 4.15. The molecule has 0 saturated heterocycles. The Morgan fingerprint density at radius 3 is 2.56 bits per heavy atom. The zero-order valence-corrected chi connectivity index (χ0v) is 13.0. The normalized spacial score (nSPS) is 13.9. The van der Waals surface area contributed by atoms with Gasteiger partial charge < -0.3 is 10.4 Å². The average molecular weight is 270 g/mol. The molecule has 104 valence electrons. The summed E-state index contributed by atoms with van der Waals surface area (Å²) in [5.74, 6) is 0. The van der Waals surface area contributed by atoms with Crippen molar-refractivity contribution in [1.82, 2.24) is 10.3 Å². The predicted octanol–water partition coefficient (Wildman–Crippen LogP) is 3.21. The lowest BCUT2D eigenvalue weighted by Crippen LogP contribution is -2.31. The monoisotopic (exact) mass is 270 g/mol. The minimum absolute atomic E-state index is 0.218. The van der Waals surface area contributed by atoms with E-state index in [1.807, 2.05) is 0 Å². The third-order valence-electron chi connectivity index (χ3n) is 3.25. The van der Waals surface area contributed by atoms with Crippen molar-refractivity contribution in [3.05, 3.63) is 15.6 Å². The highest BCUT2D eigenvalue weighted by Gasteiger charge is 2.20. The van der Waals surface area contributed by atoms with Crippen LogP contribution in [-0.2, 0) is 0 Å². The molecule has 4 heteroatoms. The first-order chi connectivity index (χ1) is 8.35. The van der Waals surface area contributed by atoms with Crippen LogP contribution in [0.3, 0.4) is 0 Å². The summed E-state index contributed by atoms with van der Waals surface area (Å²) >= 11 is 1.76. The standard InChI is InChI=1S/C14H26N2OS/c1-10(13-11(2)18-12(3)16-13)15-9-14(4,5)7-6-8-17/h10,15,17H,6-9H2,1-5H3. The van der Waals surface area contributed by atoms with Crippen LogP contribution in [-0.4, -0.2) is 23.2 Å². The van der Waals surface area contributed by atoms with Crippen LogP contribution >= 0.6 is 11.3 Å². The highest BCUT2D eigenvalue weighted by molar-refractivity contribution is 7.11. The molecule has 2 N–H and O–H groups in total. The molecule has 1 aromatic heterocycles. The lowest BCUT2D eigenvalue weighted by Gasteiger charge is -2.26. The summed E-state index contributed by atoms with van der Waals surface area (Å²) in [7, 11) is 0. The number of thiazole rings is 1. The molecule has 1 rings (SSSR count). The molecule has 0 spiro atoms. The van der Waals surface area contributed by atoms with Gasteiger partial charge in [-0.2, -0.15) is 0 Å². The maximum atomic E-state index is 8.90. The van der Waals surface area contributed by atoms with Crippen molar-refractivity contribution in [2.45, 2.75) is 53.5 Å². The molecule has 0 aromatic carbocycles. The number of hydrogen-bond acceptors (Lipinski definition) is 4. The molecule has 0 fully saturated rings. The Kier molecular flexibility index (Phi) is 5.76. The Balaban J connectivity index is 2.50. The number of hydrogen-bond donors (Lipinski definition) is 2. The molecule has 18 heavy (non-hydrogen) atoms. The van der Waals surface area contributed by atoms with Gasteiger partial charge in [-0.25, -0.2) is 4.98 Å². The van der Waals surface area contributed by atoms with Gasteiger partial charge in [-0.05, 0) is 39.0 Å². The fourth-order valence-corrected chi connectivity index (χ4v) is 3.03. The van der Waals surface area contributed by atoms with E-state index < -0.39 is 0 Å². The second kappa shape index (κ2) is 6.64. The van der Waals surface area contributed by atoms with Crippen LogP contribution in [0.15, 0.2) is 0 Å². The van der Waals surface area contributed by atoms with Crippen LogP contribution in [0.1, 0.15) is 55.2 Å². The molecule has 0 radical (unpaired) electrons. The molecule has 3 nitrogen and oxygen atoms in total. The molecule has 0 aliphatic heterocycles. The molecule has 0 amide bonds. The number of aliphatic hydroxyl groups excluding tert-OH is 1. The smallest absolute Gasteiger partial charge is 0.0900 e. The quantitative estimate of drug-likeness (QED) is 0.799. The molecule has 0 aliphatic rings. The number of aliphatic hydroxyl groups is 1. The van der Waals surface area contributed by atoms with Crippen molar-refractivity contribution in [3.63, 3.8) is 0 Å². The number of aryl methyl sites for hydroxylation is 2. The SMILES string of the molecule is Cc1nc(C(C)NCC(C)(C)CCCO)c(C)s1. The van der Waals surface area contributed by atoms with Crippen LogP contribution in [0.25, 0.3) is 0 Å². The number of nitrogens with one attached hydrogen (secondary N) is 1. The largest absolute Gasteiger partial charge is 0.396 e. The number of nitrogens with zero attached hydrogens (tertiary/aromatic N) is 1. The number of aromatic nitrogens is 1. The van der Waals surface area contributed by atoms with Crippen molar-refractivity contribution in [2.24, 2.45) is 5.41 Å². The van der Waals surface area contributed by atoms with Crippen LogP contribution in [0.5, 0.6) is 0 Å². The summed E-state index contributed by atoms with van der Waals surface area (Å²) < 4.78 is 0. The molecule has 0 bridgehead atoms. The Morgan fingerprint density at radius 2 is 2.06 bits per heavy atom. The van der Waals surface area contributed by atoms with Gasteiger partial charge in [0.05, 0.1) is 10.7 Å². The molecule has 1 aromatic rings. The van der Waals surface area contributed by atoms with Gasteiger partial charge in [0.25, 0.3) is 0 Å². The van der Waals surface area contributed by atoms with E-state index in [9.17, 15) is 0 Å². The van der Waals surface area contributed by atoms with Crippen LogP contribution in [0.4, 0.5) is 0 Å². The van der Waals surface area contributed by atoms with Crippen molar-refractivity contribution < 1.29 is 5.11 Å². The maximum Gasteiger partial charge on any atom is 0.0900 e. The number of rotatable bonds is 7. The fraction of sp³-hybridized carbons (Fsp3) is 0.786. The fourth-order valence-electron chi connectivity index (χ4n) is 2.12. The summed E-state index contributed by atoms with van der Waals surface area (Å²) in [5.41, 5.74) is 1.39. The zero-order valence-electron chi connectivity index (χ0n) is 12.2. The van der Waals surface area contributed by atoms with Gasteiger partial charge in [0.1, 0.15) is 0 Å². The first kappa shape index (κ1) is 15.6. The third kappa shape index (κ3) is 4.67. The van der Waals surface area contributed by atoms with E-state index in [1.165, 1.54) is 10.6 Å². The first-order valence-electron chi connectivity index (χ1n) is 6.64. The Bertz CT molecular complexity index is 374. The summed E-state index contributed by atoms with van der Waals surface area (Å²) in [4.78, 5) is 5.90.